The fraction of sp³-hybridized carbons (Fsp3) is 0.0952. The molecule has 2 aromatic carbocycles. The first-order valence-electron chi connectivity index (χ1n) is 8.41. The summed E-state index contributed by atoms with van der Waals surface area (Å²) >= 11 is 0. The molecule has 3 rings (SSSR count). The van der Waals surface area contributed by atoms with E-state index >= 15 is 0 Å². The van der Waals surface area contributed by atoms with Gasteiger partial charge in [0, 0.05) is 48.8 Å². The second-order valence-electron chi connectivity index (χ2n) is 5.84. The second kappa shape index (κ2) is 9.03. The van der Waals surface area contributed by atoms with Crippen LogP contribution < -0.4 is 0 Å². The summed E-state index contributed by atoms with van der Waals surface area (Å²) in [6, 6.07) is 11.7. The number of halogens is 4. The first-order valence-corrected chi connectivity index (χ1v) is 8.41. The van der Waals surface area contributed by atoms with Crippen LogP contribution in [0.5, 0.6) is 0 Å². The van der Waals surface area contributed by atoms with E-state index in [9.17, 15) is 17.6 Å². The summed E-state index contributed by atoms with van der Waals surface area (Å²) in [4.78, 5) is 12.4. The minimum atomic E-state index is -0.734. The standard InChI is InChI=1S/C21H15F4N3/c22-14-4-6-20(18(24)12-14)26-10-8-16-2-1-3-17(28-16)9-11-27-21-7-5-15(23)13-19(21)25/h1-7,10-13H,8-9H2. The highest BCUT2D eigenvalue weighted by Gasteiger charge is 2.03. The monoisotopic (exact) mass is 385 g/mol. The fourth-order valence-electron chi connectivity index (χ4n) is 2.40. The highest BCUT2D eigenvalue weighted by molar-refractivity contribution is 5.67. The number of nitrogens with zero attached hydrogens (tertiary/aromatic N) is 3. The van der Waals surface area contributed by atoms with Gasteiger partial charge in [0.1, 0.15) is 11.6 Å². The molecule has 0 aliphatic rings. The Labute approximate surface area is 159 Å². The van der Waals surface area contributed by atoms with Crippen molar-refractivity contribution in [2.75, 3.05) is 0 Å². The summed E-state index contributed by atoms with van der Waals surface area (Å²) in [6.45, 7) is 0. The van der Waals surface area contributed by atoms with E-state index in [0.717, 1.165) is 24.3 Å². The van der Waals surface area contributed by atoms with Crippen LogP contribution in [-0.4, -0.2) is 17.4 Å². The Morgan fingerprint density at radius 1 is 0.679 bits per heavy atom. The molecular formula is C21H15F4N3. The van der Waals surface area contributed by atoms with Crippen molar-refractivity contribution in [3.8, 4) is 0 Å². The van der Waals surface area contributed by atoms with Gasteiger partial charge in [0.05, 0.1) is 11.4 Å². The van der Waals surface area contributed by atoms with Crippen LogP contribution in [-0.2, 0) is 12.8 Å². The molecule has 1 heterocycles. The Morgan fingerprint density at radius 3 is 1.57 bits per heavy atom. The Balaban J connectivity index is 1.62. The molecule has 0 atom stereocenters. The third-order valence-electron chi connectivity index (χ3n) is 3.75. The first-order chi connectivity index (χ1) is 13.5. The molecule has 3 nitrogen and oxygen atoms in total. The van der Waals surface area contributed by atoms with Crippen LogP contribution in [0.15, 0.2) is 64.6 Å². The van der Waals surface area contributed by atoms with Crippen LogP contribution in [0.25, 0.3) is 0 Å². The third kappa shape index (κ3) is 5.33. The summed E-state index contributed by atoms with van der Waals surface area (Å²) < 4.78 is 52.8. The van der Waals surface area contributed by atoms with Crippen LogP contribution in [0.4, 0.5) is 28.9 Å². The molecule has 28 heavy (non-hydrogen) atoms. The van der Waals surface area contributed by atoms with Gasteiger partial charge in [-0.25, -0.2) is 17.6 Å². The summed E-state index contributed by atoms with van der Waals surface area (Å²) in [5.41, 5.74) is 1.49. The average Bonchev–Trinajstić information content (AvgIpc) is 2.66. The number of benzene rings is 2. The van der Waals surface area contributed by atoms with E-state index in [-0.39, 0.29) is 11.4 Å². The van der Waals surface area contributed by atoms with Crippen molar-refractivity contribution in [2.24, 2.45) is 9.98 Å². The molecule has 0 aliphatic heterocycles. The van der Waals surface area contributed by atoms with Crippen molar-refractivity contribution in [3.05, 3.63) is 89.3 Å². The lowest BCUT2D eigenvalue weighted by atomic mass is 10.2. The number of aliphatic imine (C=N–C) groups is 2. The molecule has 0 amide bonds. The van der Waals surface area contributed by atoms with Gasteiger partial charge >= 0.3 is 0 Å². The molecule has 0 spiro atoms. The van der Waals surface area contributed by atoms with Crippen LogP contribution in [0.1, 0.15) is 11.4 Å². The molecule has 0 N–H and O–H groups in total. The van der Waals surface area contributed by atoms with Gasteiger partial charge in [-0.2, -0.15) is 0 Å². The number of hydrogen-bond donors (Lipinski definition) is 0. The smallest absolute Gasteiger partial charge is 0.151 e. The van der Waals surface area contributed by atoms with Gasteiger partial charge in [0.2, 0.25) is 0 Å². The molecule has 0 saturated heterocycles. The highest BCUT2D eigenvalue weighted by atomic mass is 19.1. The van der Waals surface area contributed by atoms with Crippen molar-refractivity contribution in [1.29, 1.82) is 0 Å². The van der Waals surface area contributed by atoms with E-state index in [2.05, 4.69) is 15.0 Å². The van der Waals surface area contributed by atoms with Gasteiger partial charge in [0.25, 0.3) is 0 Å². The summed E-state index contributed by atoms with van der Waals surface area (Å²) in [5.74, 6) is -2.79. The normalized spacial score (nSPS) is 11.6. The van der Waals surface area contributed by atoms with E-state index in [4.69, 9.17) is 0 Å². The minimum absolute atomic E-state index is 0.0472. The molecule has 1 aromatic heterocycles. The van der Waals surface area contributed by atoms with Gasteiger partial charge in [-0.1, -0.05) is 6.07 Å². The maximum absolute atomic E-state index is 13.5. The quantitative estimate of drug-likeness (QED) is 0.406. The van der Waals surface area contributed by atoms with Gasteiger partial charge in [-0.15, -0.1) is 0 Å². The van der Waals surface area contributed by atoms with Crippen LogP contribution in [0.3, 0.4) is 0 Å². The Hall–Kier alpha value is -3.35. The molecule has 3 aromatic rings. The molecule has 0 aliphatic carbocycles. The van der Waals surface area contributed by atoms with Crippen LogP contribution in [0.2, 0.25) is 0 Å². The van der Waals surface area contributed by atoms with E-state index in [0.29, 0.717) is 24.2 Å². The van der Waals surface area contributed by atoms with Crippen molar-refractivity contribution >= 4 is 23.8 Å². The highest BCUT2D eigenvalue weighted by Crippen LogP contribution is 2.19. The van der Waals surface area contributed by atoms with Gasteiger partial charge in [-0.3, -0.25) is 15.0 Å². The van der Waals surface area contributed by atoms with E-state index in [1.54, 1.807) is 18.2 Å². The number of pyridine rings is 1. The predicted octanol–water partition coefficient (Wildman–Crippen LogP) is 5.53. The van der Waals surface area contributed by atoms with Crippen molar-refractivity contribution < 1.29 is 17.6 Å². The maximum atomic E-state index is 13.5. The van der Waals surface area contributed by atoms with E-state index < -0.39 is 23.3 Å². The average molecular weight is 385 g/mol. The first kappa shape index (κ1) is 19.4. The number of hydrogen-bond acceptors (Lipinski definition) is 3. The zero-order valence-corrected chi connectivity index (χ0v) is 14.6. The lowest BCUT2D eigenvalue weighted by Crippen LogP contribution is -1.97. The fourth-order valence-corrected chi connectivity index (χ4v) is 2.40. The molecule has 7 heteroatoms. The van der Waals surface area contributed by atoms with Crippen LogP contribution >= 0.6 is 0 Å². The largest absolute Gasteiger partial charge is 0.258 e. The zero-order valence-electron chi connectivity index (χ0n) is 14.6. The summed E-state index contributed by atoms with van der Waals surface area (Å²) in [7, 11) is 0. The van der Waals surface area contributed by atoms with Crippen LogP contribution in [0, 0.1) is 23.3 Å². The Bertz CT molecular complexity index is 953. The Morgan fingerprint density at radius 2 is 1.14 bits per heavy atom. The van der Waals surface area contributed by atoms with Gasteiger partial charge in [-0.05, 0) is 36.4 Å². The minimum Gasteiger partial charge on any atom is -0.258 e. The Kier molecular flexibility index (Phi) is 6.26. The molecule has 0 saturated carbocycles. The summed E-state index contributed by atoms with van der Waals surface area (Å²) in [5, 5.41) is 0. The molecule has 0 unspecified atom stereocenters. The topological polar surface area (TPSA) is 37.6 Å². The molecule has 0 radical (unpaired) electrons. The van der Waals surface area contributed by atoms with E-state index in [1.807, 2.05) is 0 Å². The second-order valence-corrected chi connectivity index (χ2v) is 5.84. The molecule has 0 fully saturated rings. The number of aromatic nitrogens is 1. The van der Waals surface area contributed by atoms with E-state index in [1.165, 1.54) is 24.6 Å². The third-order valence-corrected chi connectivity index (χ3v) is 3.75. The van der Waals surface area contributed by atoms with Crippen molar-refractivity contribution in [3.63, 3.8) is 0 Å². The number of rotatable bonds is 6. The summed E-state index contributed by atoms with van der Waals surface area (Å²) in [6.07, 6.45) is 3.69. The zero-order chi connectivity index (χ0) is 19.9. The van der Waals surface area contributed by atoms with Crippen molar-refractivity contribution in [1.82, 2.24) is 4.98 Å². The van der Waals surface area contributed by atoms with Crippen molar-refractivity contribution in [2.45, 2.75) is 12.8 Å². The SMILES string of the molecule is Fc1ccc(N=CCc2cccc(CC=Nc3ccc(F)cc3F)n2)c(F)c1. The molecule has 142 valence electrons. The van der Waals surface area contributed by atoms with Gasteiger partial charge in [0.15, 0.2) is 11.6 Å². The lowest BCUT2D eigenvalue weighted by Gasteiger charge is -2.01. The predicted molar refractivity (Wildman–Crippen MR) is 101 cm³/mol. The molecule has 0 bridgehead atoms. The van der Waals surface area contributed by atoms with Gasteiger partial charge < -0.3 is 0 Å². The molecular weight excluding hydrogens is 370 g/mol. The maximum Gasteiger partial charge on any atom is 0.151 e. The lowest BCUT2D eigenvalue weighted by molar-refractivity contribution is 0.584.